The minimum atomic E-state index is -1.80. The van der Waals surface area contributed by atoms with Gasteiger partial charge >= 0.3 is 5.97 Å². The van der Waals surface area contributed by atoms with E-state index in [-0.39, 0.29) is 31.3 Å². The van der Waals surface area contributed by atoms with E-state index < -0.39 is 49.5 Å². The van der Waals surface area contributed by atoms with E-state index in [1.54, 1.807) is 0 Å². The number of carbonyl (C=O) groups is 3. The predicted octanol–water partition coefficient (Wildman–Crippen LogP) is 3.47. The van der Waals surface area contributed by atoms with Crippen LogP contribution in [0.15, 0.2) is 91.0 Å². The number of nitrogens with one attached hydrogen (secondary N) is 2. The smallest absolute Gasteiger partial charge is 0.305 e. The normalized spacial score (nSPS) is 13.5. The van der Waals surface area contributed by atoms with Crippen LogP contribution in [0.1, 0.15) is 63.4 Å². The number of aliphatic hydroxyl groups excluding tert-OH is 5. The lowest BCUT2D eigenvalue weighted by molar-refractivity contribution is -0.140. The van der Waals surface area contributed by atoms with Gasteiger partial charge in [-0.2, -0.15) is 0 Å². The molecule has 0 fully saturated rings. The summed E-state index contributed by atoms with van der Waals surface area (Å²) in [7, 11) is 1.34. The second-order valence-corrected chi connectivity index (χ2v) is 15.3. The number of aromatic nitrogens is 1. The topological polar surface area (TPSA) is 252 Å². The fourth-order valence-electron chi connectivity index (χ4n) is 6.64. The maximum atomic E-state index is 12.5. The Labute approximate surface area is 374 Å². The molecule has 5 unspecified atom stereocenters. The minimum Gasteiger partial charge on any atom is -0.493 e. The number of pyridine rings is 1. The molecule has 0 aliphatic carbocycles. The Morgan fingerprint density at radius 2 is 1.30 bits per heavy atom. The molecule has 5 atom stereocenters. The first kappa shape index (κ1) is 51.0. The van der Waals surface area contributed by atoms with Crippen LogP contribution in [0.4, 0.5) is 0 Å². The van der Waals surface area contributed by atoms with Crippen LogP contribution in [0.25, 0.3) is 22.4 Å². The van der Waals surface area contributed by atoms with Gasteiger partial charge in [-0.05, 0) is 80.7 Å². The van der Waals surface area contributed by atoms with Crippen LogP contribution in [-0.4, -0.2) is 125 Å². The van der Waals surface area contributed by atoms with Gasteiger partial charge < -0.3 is 60.8 Å². The number of esters is 1. The first-order valence-corrected chi connectivity index (χ1v) is 21.8. The van der Waals surface area contributed by atoms with Crippen molar-refractivity contribution in [3.63, 3.8) is 0 Å². The molecule has 0 radical (unpaired) electrons. The zero-order chi connectivity index (χ0) is 46.1. The van der Waals surface area contributed by atoms with Crippen LogP contribution in [0.2, 0.25) is 0 Å². The van der Waals surface area contributed by atoms with Crippen LogP contribution in [-0.2, 0) is 25.5 Å². The van der Waals surface area contributed by atoms with E-state index in [9.17, 15) is 34.8 Å². The highest BCUT2D eigenvalue weighted by Gasteiger charge is 2.30. The minimum absolute atomic E-state index is 0.143. The molecular formula is C48H64N4O12. The highest BCUT2D eigenvalue weighted by Crippen LogP contribution is 2.31. The van der Waals surface area contributed by atoms with Gasteiger partial charge in [-0.15, -0.1) is 0 Å². The lowest BCUT2D eigenvalue weighted by atomic mass is 10.0. The molecule has 1 aromatic heterocycles. The number of hydrogen-bond donors (Lipinski definition) is 8. The van der Waals surface area contributed by atoms with Gasteiger partial charge in [0.2, 0.25) is 17.7 Å². The molecule has 0 saturated carbocycles. The molecular weight excluding hydrogens is 825 g/mol. The zero-order valence-electron chi connectivity index (χ0n) is 36.5. The van der Waals surface area contributed by atoms with Gasteiger partial charge in [0.15, 0.2) is 0 Å². The van der Waals surface area contributed by atoms with Gasteiger partial charge in [-0.3, -0.25) is 14.4 Å². The van der Waals surface area contributed by atoms with Crippen LogP contribution in [0.3, 0.4) is 0 Å². The summed E-state index contributed by atoms with van der Waals surface area (Å²) < 4.78 is 23.3. The Kier molecular flexibility index (Phi) is 22.5. The molecule has 0 aliphatic heterocycles. The molecule has 1 heterocycles. The highest BCUT2D eigenvalue weighted by atomic mass is 16.5. The molecule has 0 bridgehead atoms. The van der Waals surface area contributed by atoms with Crippen molar-refractivity contribution in [3.05, 3.63) is 96.6 Å². The maximum absolute atomic E-state index is 12.5. The molecule has 0 spiro atoms. The molecule has 16 heteroatoms. The van der Waals surface area contributed by atoms with E-state index in [0.29, 0.717) is 69.2 Å². The van der Waals surface area contributed by atoms with E-state index >= 15 is 0 Å². The van der Waals surface area contributed by atoms with Crippen LogP contribution < -0.4 is 30.6 Å². The summed E-state index contributed by atoms with van der Waals surface area (Å²) in [6, 6.07) is 28.8. The van der Waals surface area contributed by atoms with Gasteiger partial charge in [0, 0.05) is 43.1 Å². The number of nitrogens with zero attached hydrogens (tertiary/aromatic N) is 1. The molecule has 4 aromatic rings. The maximum Gasteiger partial charge on any atom is 0.305 e. The SMILES string of the molecule is COC(=O)CCc1c(OCCCCCOc2cc(-c3ccccc3)cc(-c3ccccc3)n2)cccc1OCCCC(=O)NCCCCC(N)C(=O)NCC(O)C(O)C(O)C(O)CO. The number of aliphatic hydroxyl groups is 5. The van der Waals surface area contributed by atoms with E-state index in [4.69, 9.17) is 34.8 Å². The van der Waals surface area contributed by atoms with Crippen molar-refractivity contribution in [2.24, 2.45) is 5.73 Å². The number of benzene rings is 3. The number of amides is 2. The molecule has 16 nitrogen and oxygen atoms in total. The van der Waals surface area contributed by atoms with Gasteiger partial charge in [0.05, 0.1) is 51.4 Å². The lowest BCUT2D eigenvalue weighted by Gasteiger charge is -2.26. The van der Waals surface area contributed by atoms with Gasteiger partial charge in [-0.25, -0.2) is 4.98 Å². The van der Waals surface area contributed by atoms with Crippen LogP contribution in [0, 0.1) is 0 Å². The third-order valence-corrected chi connectivity index (χ3v) is 10.4. The van der Waals surface area contributed by atoms with Gasteiger partial charge in [0.1, 0.15) is 29.8 Å². The van der Waals surface area contributed by atoms with Crippen LogP contribution >= 0.6 is 0 Å². The summed E-state index contributed by atoms with van der Waals surface area (Å²) in [5.41, 5.74) is 10.6. The standard InChI is InChI=1S/C48H64N4O12/c1-61-45(57)24-23-36-41(62-26-11-4-12-27-64-44-30-35(33-15-5-2-6-16-33)29-38(52-44)34-17-7-3-8-18-34)20-13-21-42(36)63-28-14-22-43(56)50-25-10-9-19-37(49)48(60)51-31-39(54)46(58)47(59)40(55)32-53/h2-3,5-8,13,15-18,20-21,29-30,37,39-40,46-47,53-55,58-59H,4,9-12,14,19,22-28,31-32,49H2,1H3,(H,50,56)(H,51,60). The Hall–Kier alpha value is -5.62. The number of methoxy groups -OCH3 is 1. The second kappa shape index (κ2) is 28.2. The van der Waals surface area contributed by atoms with Crippen molar-refractivity contribution >= 4 is 17.8 Å². The predicted molar refractivity (Wildman–Crippen MR) is 240 cm³/mol. The van der Waals surface area contributed by atoms with Gasteiger partial charge in [0.25, 0.3) is 0 Å². The van der Waals surface area contributed by atoms with Crippen molar-refractivity contribution in [2.45, 2.75) is 94.7 Å². The molecule has 2 amide bonds. The Balaban J connectivity index is 1.15. The first-order chi connectivity index (χ1) is 31.0. The summed E-state index contributed by atoms with van der Waals surface area (Å²) in [5, 5.41) is 53.1. The van der Waals surface area contributed by atoms with Crippen molar-refractivity contribution in [3.8, 4) is 39.8 Å². The van der Waals surface area contributed by atoms with Crippen molar-refractivity contribution in [1.29, 1.82) is 0 Å². The summed E-state index contributed by atoms with van der Waals surface area (Å²) in [6.45, 7) is 0.356. The number of rotatable bonds is 30. The first-order valence-electron chi connectivity index (χ1n) is 21.8. The summed E-state index contributed by atoms with van der Waals surface area (Å²) in [5.74, 6) is 0.671. The average Bonchev–Trinajstić information content (AvgIpc) is 3.33. The number of ether oxygens (including phenoxy) is 4. The number of unbranched alkanes of at least 4 members (excludes halogenated alkanes) is 3. The molecule has 0 aliphatic rings. The van der Waals surface area contributed by atoms with Crippen LogP contribution in [0.5, 0.6) is 17.4 Å². The third kappa shape index (κ3) is 17.5. The molecule has 9 N–H and O–H groups in total. The lowest BCUT2D eigenvalue weighted by Crippen LogP contribution is -2.51. The van der Waals surface area contributed by atoms with E-state index in [0.717, 1.165) is 47.2 Å². The molecule has 64 heavy (non-hydrogen) atoms. The molecule has 3 aromatic carbocycles. The fraction of sp³-hybridized carbons (Fsp3) is 0.458. The summed E-state index contributed by atoms with van der Waals surface area (Å²) in [6.07, 6.45) is -1.84. The van der Waals surface area contributed by atoms with E-state index in [1.165, 1.54) is 7.11 Å². The second-order valence-electron chi connectivity index (χ2n) is 15.3. The number of carbonyl (C=O) groups excluding carboxylic acids is 3. The van der Waals surface area contributed by atoms with Crippen molar-refractivity contribution < 1.29 is 58.9 Å². The molecule has 0 saturated heterocycles. The van der Waals surface area contributed by atoms with Gasteiger partial charge in [-0.1, -0.05) is 66.7 Å². The van der Waals surface area contributed by atoms with E-state index in [2.05, 4.69) is 28.8 Å². The average molecular weight is 889 g/mol. The van der Waals surface area contributed by atoms with Crippen molar-refractivity contribution in [1.82, 2.24) is 15.6 Å². The molecule has 348 valence electrons. The Morgan fingerprint density at radius 1 is 0.672 bits per heavy atom. The molecule has 4 rings (SSSR count). The van der Waals surface area contributed by atoms with Crippen molar-refractivity contribution in [2.75, 3.05) is 46.6 Å². The largest absolute Gasteiger partial charge is 0.493 e. The Morgan fingerprint density at radius 3 is 1.95 bits per heavy atom. The Bertz CT molecular complexity index is 1930. The highest BCUT2D eigenvalue weighted by molar-refractivity contribution is 5.81. The third-order valence-electron chi connectivity index (χ3n) is 10.4. The number of nitrogens with two attached hydrogens (primary N) is 1. The quantitative estimate of drug-likeness (QED) is 0.0276. The summed E-state index contributed by atoms with van der Waals surface area (Å²) >= 11 is 0. The monoisotopic (exact) mass is 888 g/mol. The number of hydrogen-bond acceptors (Lipinski definition) is 14. The fourth-order valence-corrected chi connectivity index (χ4v) is 6.64. The van der Waals surface area contributed by atoms with E-state index in [1.807, 2.05) is 72.8 Å². The zero-order valence-corrected chi connectivity index (χ0v) is 36.5. The summed E-state index contributed by atoms with van der Waals surface area (Å²) in [4.78, 5) is 41.6.